The first kappa shape index (κ1) is 14.1. The average Bonchev–Trinajstić information content (AvgIpc) is 2.36. The van der Waals surface area contributed by atoms with Crippen LogP contribution in [0.4, 0.5) is 0 Å². The third kappa shape index (κ3) is 3.35. The Morgan fingerprint density at radius 1 is 1.37 bits per heavy atom. The van der Waals surface area contributed by atoms with Crippen LogP contribution in [0.2, 0.25) is 0 Å². The van der Waals surface area contributed by atoms with Crippen LogP contribution in [-0.4, -0.2) is 29.1 Å². The molecule has 2 atom stereocenters. The van der Waals surface area contributed by atoms with Crippen LogP contribution in [0, 0.1) is 18.8 Å². The third-order valence-electron chi connectivity index (χ3n) is 4.40. The highest BCUT2D eigenvalue weighted by Crippen LogP contribution is 2.24. The first-order valence-corrected chi connectivity index (χ1v) is 7.02. The molecule has 0 aliphatic carbocycles. The molecule has 0 aromatic heterocycles. The Morgan fingerprint density at radius 3 is 2.68 bits per heavy atom. The van der Waals surface area contributed by atoms with E-state index < -0.39 is 5.97 Å². The normalized spacial score (nSPS) is 24.4. The summed E-state index contributed by atoms with van der Waals surface area (Å²) in [4.78, 5) is 13.4. The lowest BCUT2D eigenvalue weighted by Crippen LogP contribution is -2.37. The molecule has 1 aromatic carbocycles. The minimum absolute atomic E-state index is 0.377. The van der Waals surface area contributed by atoms with Gasteiger partial charge < -0.3 is 5.11 Å². The number of hydrogen-bond acceptors (Lipinski definition) is 2. The zero-order valence-corrected chi connectivity index (χ0v) is 12.0. The Bertz CT molecular complexity index is 470. The second-order valence-electron chi connectivity index (χ2n) is 5.92. The SMILES string of the molecule is Cc1cc(C(=O)O)ccc1CN1CCC(C)C(C)C1. The number of rotatable bonds is 3. The number of carbonyl (C=O) groups is 1. The van der Waals surface area contributed by atoms with Crippen molar-refractivity contribution in [3.05, 3.63) is 34.9 Å². The summed E-state index contributed by atoms with van der Waals surface area (Å²) < 4.78 is 0. The van der Waals surface area contributed by atoms with E-state index in [4.69, 9.17) is 5.11 Å². The topological polar surface area (TPSA) is 40.5 Å². The van der Waals surface area contributed by atoms with Gasteiger partial charge in [0.1, 0.15) is 0 Å². The van der Waals surface area contributed by atoms with E-state index in [-0.39, 0.29) is 0 Å². The van der Waals surface area contributed by atoms with Gasteiger partial charge in [0, 0.05) is 13.1 Å². The Hall–Kier alpha value is -1.35. The van der Waals surface area contributed by atoms with Crippen LogP contribution in [0.5, 0.6) is 0 Å². The van der Waals surface area contributed by atoms with Gasteiger partial charge in [0.25, 0.3) is 0 Å². The van der Waals surface area contributed by atoms with Gasteiger partial charge in [-0.25, -0.2) is 4.79 Å². The summed E-state index contributed by atoms with van der Waals surface area (Å²) in [6.07, 6.45) is 1.26. The molecule has 19 heavy (non-hydrogen) atoms. The third-order valence-corrected chi connectivity index (χ3v) is 4.40. The Labute approximate surface area is 115 Å². The number of carboxylic acids is 1. The fourth-order valence-electron chi connectivity index (χ4n) is 2.74. The van der Waals surface area contributed by atoms with E-state index in [2.05, 4.69) is 18.7 Å². The number of hydrogen-bond donors (Lipinski definition) is 1. The lowest BCUT2D eigenvalue weighted by atomic mass is 9.88. The van der Waals surface area contributed by atoms with Crippen LogP contribution < -0.4 is 0 Å². The minimum Gasteiger partial charge on any atom is -0.478 e. The van der Waals surface area contributed by atoms with Gasteiger partial charge in [-0.3, -0.25) is 4.90 Å². The van der Waals surface area contributed by atoms with Crippen molar-refractivity contribution in [2.75, 3.05) is 13.1 Å². The number of likely N-dealkylation sites (tertiary alicyclic amines) is 1. The number of aromatic carboxylic acids is 1. The molecular weight excluding hydrogens is 238 g/mol. The van der Waals surface area contributed by atoms with Gasteiger partial charge in [-0.15, -0.1) is 0 Å². The molecule has 1 aromatic rings. The monoisotopic (exact) mass is 261 g/mol. The number of aryl methyl sites for hydroxylation is 1. The van der Waals surface area contributed by atoms with Crippen molar-refractivity contribution in [3.8, 4) is 0 Å². The summed E-state index contributed by atoms with van der Waals surface area (Å²) in [5, 5.41) is 8.98. The fourth-order valence-corrected chi connectivity index (χ4v) is 2.74. The van der Waals surface area contributed by atoms with E-state index in [1.165, 1.54) is 12.0 Å². The van der Waals surface area contributed by atoms with Gasteiger partial charge in [0.15, 0.2) is 0 Å². The second kappa shape index (κ2) is 5.74. The van der Waals surface area contributed by atoms with Gasteiger partial charge in [-0.05, 0) is 55.0 Å². The van der Waals surface area contributed by atoms with Crippen molar-refractivity contribution in [2.24, 2.45) is 11.8 Å². The molecule has 1 N–H and O–H groups in total. The van der Waals surface area contributed by atoms with Crippen LogP contribution in [0.25, 0.3) is 0 Å². The Kier molecular flexibility index (Phi) is 4.25. The van der Waals surface area contributed by atoms with Crippen LogP contribution in [0.3, 0.4) is 0 Å². The maximum absolute atomic E-state index is 10.9. The maximum Gasteiger partial charge on any atom is 0.335 e. The summed E-state index contributed by atoms with van der Waals surface area (Å²) >= 11 is 0. The van der Waals surface area contributed by atoms with E-state index in [9.17, 15) is 4.79 Å². The highest BCUT2D eigenvalue weighted by atomic mass is 16.4. The molecule has 1 fully saturated rings. The minimum atomic E-state index is -0.852. The molecule has 1 aliphatic rings. The highest BCUT2D eigenvalue weighted by Gasteiger charge is 2.22. The zero-order chi connectivity index (χ0) is 14.0. The highest BCUT2D eigenvalue weighted by molar-refractivity contribution is 5.87. The van der Waals surface area contributed by atoms with Crippen LogP contribution >= 0.6 is 0 Å². The summed E-state index contributed by atoms with van der Waals surface area (Å²) in [7, 11) is 0. The quantitative estimate of drug-likeness (QED) is 0.908. The fraction of sp³-hybridized carbons (Fsp3) is 0.562. The molecule has 1 heterocycles. The molecule has 0 amide bonds. The second-order valence-corrected chi connectivity index (χ2v) is 5.92. The van der Waals surface area contributed by atoms with Gasteiger partial charge in [-0.1, -0.05) is 19.9 Å². The smallest absolute Gasteiger partial charge is 0.335 e. The summed E-state index contributed by atoms with van der Waals surface area (Å²) in [5.74, 6) is 0.703. The van der Waals surface area contributed by atoms with Crippen molar-refractivity contribution < 1.29 is 9.90 Å². The zero-order valence-electron chi connectivity index (χ0n) is 12.0. The predicted octanol–water partition coefficient (Wildman–Crippen LogP) is 3.17. The largest absolute Gasteiger partial charge is 0.478 e. The van der Waals surface area contributed by atoms with Gasteiger partial charge in [0.2, 0.25) is 0 Å². The lowest BCUT2D eigenvalue weighted by molar-refractivity contribution is 0.0696. The average molecular weight is 261 g/mol. The molecule has 104 valence electrons. The van der Waals surface area contributed by atoms with E-state index in [0.717, 1.165) is 37.0 Å². The molecule has 1 aliphatic heterocycles. The van der Waals surface area contributed by atoms with Crippen molar-refractivity contribution in [2.45, 2.75) is 33.7 Å². The maximum atomic E-state index is 10.9. The molecule has 3 nitrogen and oxygen atoms in total. The standard InChI is InChI=1S/C16H23NO2/c1-11-6-7-17(9-13(11)3)10-15-5-4-14(16(18)19)8-12(15)2/h4-5,8,11,13H,6-7,9-10H2,1-3H3,(H,18,19). The van der Waals surface area contributed by atoms with Crippen molar-refractivity contribution in [1.82, 2.24) is 4.90 Å². The van der Waals surface area contributed by atoms with Crippen molar-refractivity contribution in [3.63, 3.8) is 0 Å². The van der Waals surface area contributed by atoms with Gasteiger partial charge in [0.05, 0.1) is 5.56 Å². The van der Waals surface area contributed by atoms with E-state index >= 15 is 0 Å². The van der Waals surface area contributed by atoms with Crippen LogP contribution in [0.1, 0.15) is 41.8 Å². The molecule has 2 rings (SSSR count). The molecular formula is C16H23NO2. The molecule has 2 unspecified atom stereocenters. The Balaban J connectivity index is 2.05. The van der Waals surface area contributed by atoms with Gasteiger partial charge >= 0.3 is 5.97 Å². The van der Waals surface area contributed by atoms with Crippen molar-refractivity contribution >= 4 is 5.97 Å². The number of nitrogens with zero attached hydrogens (tertiary/aromatic N) is 1. The van der Waals surface area contributed by atoms with Gasteiger partial charge in [-0.2, -0.15) is 0 Å². The molecule has 0 spiro atoms. The molecule has 0 radical (unpaired) electrons. The first-order valence-electron chi connectivity index (χ1n) is 7.02. The molecule has 0 bridgehead atoms. The van der Waals surface area contributed by atoms with Crippen molar-refractivity contribution in [1.29, 1.82) is 0 Å². The van der Waals surface area contributed by atoms with Crippen LogP contribution in [-0.2, 0) is 6.54 Å². The summed E-state index contributed by atoms with van der Waals surface area (Å²) in [6.45, 7) is 9.86. The molecule has 1 saturated heterocycles. The predicted molar refractivity (Wildman–Crippen MR) is 76.4 cm³/mol. The van der Waals surface area contributed by atoms with E-state index in [0.29, 0.717) is 5.56 Å². The van der Waals surface area contributed by atoms with E-state index in [1.807, 2.05) is 13.0 Å². The lowest BCUT2D eigenvalue weighted by Gasteiger charge is -2.35. The van der Waals surface area contributed by atoms with Crippen LogP contribution in [0.15, 0.2) is 18.2 Å². The number of piperidine rings is 1. The summed E-state index contributed by atoms with van der Waals surface area (Å²) in [5.41, 5.74) is 2.69. The molecule has 3 heteroatoms. The Morgan fingerprint density at radius 2 is 2.11 bits per heavy atom. The van der Waals surface area contributed by atoms with E-state index in [1.54, 1.807) is 12.1 Å². The first-order chi connectivity index (χ1) is 8.97. The summed E-state index contributed by atoms with van der Waals surface area (Å²) in [6, 6.07) is 5.44. The molecule has 0 saturated carbocycles. The number of carboxylic acid groups (broad SMARTS) is 1. The number of benzene rings is 1.